The lowest BCUT2D eigenvalue weighted by atomic mass is 10.0. The molecule has 3 aromatic carbocycles. The van der Waals surface area contributed by atoms with Crippen molar-refractivity contribution in [2.45, 2.75) is 26.7 Å². The van der Waals surface area contributed by atoms with Crippen LogP contribution in [0.15, 0.2) is 69.9 Å². The van der Waals surface area contributed by atoms with E-state index in [1.54, 1.807) is 49.6 Å². The van der Waals surface area contributed by atoms with Crippen LogP contribution in [0, 0.1) is 25.2 Å². The average molecular weight is 469 g/mol. The molecule has 0 aliphatic carbocycles. The fourth-order valence-electron chi connectivity index (χ4n) is 3.82. The van der Waals surface area contributed by atoms with Crippen molar-refractivity contribution in [3.05, 3.63) is 93.3 Å². The Kier molecular flexibility index (Phi) is 6.83. The van der Waals surface area contributed by atoms with Crippen molar-refractivity contribution in [2.24, 2.45) is 0 Å². The van der Waals surface area contributed by atoms with Gasteiger partial charge in [0.1, 0.15) is 22.8 Å². The smallest absolute Gasteiger partial charge is 0.339 e. The highest BCUT2D eigenvalue weighted by Crippen LogP contribution is 2.27. The van der Waals surface area contributed by atoms with Gasteiger partial charge in [-0.05, 0) is 86.0 Å². The number of hydrogen-bond acceptors (Lipinski definition) is 6. The molecule has 1 N–H and O–H groups in total. The molecule has 0 unspecified atom stereocenters. The van der Waals surface area contributed by atoms with Crippen LogP contribution in [-0.4, -0.2) is 13.0 Å². The third kappa shape index (κ3) is 5.33. The molecule has 4 rings (SSSR count). The van der Waals surface area contributed by atoms with Crippen LogP contribution < -0.4 is 20.4 Å². The summed E-state index contributed by atoms with van der Waals surface area (Å²) in [5.41, 5.74) is 3.35. The molecular formula is C28H24N2O5. The van der Waals surface area contributed by atoms with E-state index in [0.717, 1.165) is 16.5 Å². The van der Waals surface area contributed by atoms with Crippen LogP contribution in [0.1, 0.15) is 28.7 Å². The summed E-state index contributed by atoms with van der Waals surface area (Å²) in [5.74, 6) is 1.63. The van der Waals surface area contributed by atoms with E-state index < -0.39 is 5.63 Å². The Morgan fingerprint density at radius 3 is 2.40 bits per heavy atom. The van der Waals surface area contributed by atoms with E-state index >= 15 is 0 Å². The zero-order valence-electron chi connectivity index (χ0n) is 19.7. The number of carbonyl (C=O) groups is 1. The second kappa shape index (κ2) is 10.1. The van der Waals surface area contributed by atoms with Gasteiger partial charge in [-0.2, -0.15) is 5.26 Å². The Labute approximate surface area is 202 Å². The Hall–Kier alpha value is -4.57. The first-order valence-electron chi connectivity index (χ1n) is 11.1. The predicted octanol–water partition coefficient (Wildman–Crippen LogP) is 5.65. The van der Waals surface area contributed by atoms with Crippen molar-refractivity contribution in [3.8, 4) is 23.3 Å². The minimum absolute atomic E-state index is 0.135. The third-order valence-corrected chi connectivity index (χ3v) is 5.79. The number of anilines is 1. The van der Waals surface area contributed by atoms with E-state index in [1.807, 2.05) is 32.0 Å². The fraction of sp³-hybridized carbons (Fsp3) is 0.179. The number of methoxy groups -OCH3 is 1. The summed E-state index contributed by atoms with van der Waals surface area (Å²) in [6, 6.07) is 19.6. The number of nitrogens with zero attached hydrogens (tertiary/aromatic N) is 1. The summed E-state index contributed by atoms with van der Waals surface area (Å²) < 4.78 is 16.5. The number of benzene rings is 3. The minimum Gasteiger partial charge on any atom is -0.497 e. The van der Waals surface area contributed by atoms with Crippen molar-refractivity contribution in [2.75, 3.05) is 12.4 Å². The number of amides is 1. The van der Waals surface area contributed by atoms with Gasteiger partial charge in [-0.25, -0.2) is 4.79 Å². The van der Waals surface area contributed by atoms with Crippen molar-refractivity contribution in [3.63, 3.8) is 0 Å². The molecule has 176 valence electrons. The van der Waals surface area contributed by atoms with Gasteiger partial charge in [-0.15, -0.1) is 0 Å². The van der Waals surface area contributed by atoms with Gasteiger partial charge in [-0.1, -0.05) is 0 Å². The molecule has 7 nitrogen and oxygen atoms in total. The van der Waals surface area contributed by atoms with Gasteiger partial charge in [0.2, 0.25) is 5.91 Å². The van der Waals surface area contributed by atoms with Crippen molar-refractivity contribution in [1.29, 1.82) is 5.26 Å². The summed E-state index contributed by atoms with van der Waals surface area (Å²) in [6.45, 7) is 3.73. The highest BCUT2D eigenvalue weighted by atomic mass is 16.5. The molecule has 0 aliphatic rings. The van der Waals surface area contributed by atoms with Crippen LogP contribution in [0.5, 0.6) is 17.2 Å². The lowest BCUT2D eigenvalue weighted by Gasteiger charge is -2.12. The van der Waals surface area contributed by atoms with Crippen molar-refractivity contribution >= 4 is 22.6 Å². The normalized spacial score (nSPS) is 10.6. The predicted molar refractivity (Wildman–Crippen MR) is 133 cm³/mol. The molecule has 0 saturated carbocycles. The Morgan fingerprint density at radius 2 is 1.71 bits per heavy atom. The number of fused-ring (bicyclic) bond motifs is 1. The molecule has 7 heteroatoms. The molecule has 1 heterocycles. The monoisotopic (exact) mass is 468 g/mol. The van der Waals surface area contributed by atoms with E-state index in [9.17, 15) is 9.59 Å². The zero-order valence-corrected chi connectivity index (χ0v) is 19.7. The molecule has 0 aliphatic heterocycles. The van der Waals surface area contributed by atoms with Crippen molar-refractivity contribution < 1.29 is 18.7 Å². The number of carbonyl (C=O) groups excluding carboxylic acids is 1. The van der Waals surface area contributed by atoms with Crippen molar-refractivity contribution in [1.82, 2.24) is 0 Å². The van der Waals surface area contributed by atoms with E-state index in [0.29, 0.717) is 39.6 Å². The molecule has 1 amide bonds. The van der Waals surface area contributed by atoms with Gasteiger partial charge >= 0.3 is 5.63 Å². The number of nitrogens with one attached hydrogen (secondary N) is 1. The fourth-order valence-corrected chi connectivity index (χ4v) is 3.82. The number of hydrogen-bond donors (Lipinski definition) is 1. The number of nitriles is 1. The van der Waals surface area contributed by atoms with E-state index in [-0.39, 0.29) is 18.7 Å². The van der Waals surface area contributed by atoms with Crippen LogP contribution in [0.25, 0.3) is 11.0 Å². The van der Waals surface area contributed by atoms with Crippen LogP contribution in [-0.2, 0) is 11.2 Å². The van der Waals surface area contributed by atoms with Crippen LogP contribution in [0.3, 0.4) is 0 Å². The maximum absolute atomic E-state index is 12.6. The third-order valence-electron chi connectivity index (χ3n) is 5.79. The molecular weight excluding hydrogens is 444 g/mol. The van der Waals surface area contributed by atoms with Gasteiger partial charge < -0.3 is 19.2 Å². The molecule has 4 aromatic rings. The van der Waals surface area contributed by atoms with Crippen LogP contribution >= 0.6 is 0 Å². The van der Waals surface area contributed by atoms with E-state index in [1.165, 1.54) is 0 Å². The lowest BCUT2D eigenvalue weighted by Crippen LogP contribution is -2.17. The van der Waals surface area contributed by atoms with Crippen LogP contribution in [0.2, 0.25) is 0 Å². The van der Waals surface area contributed by atoms with E-state index in [2.05, 4.69) is 11.4 Å². The molecule has 0 spiro atoms. The first kappa shape index (κ1) is 23.6. The highest BCUT2D eigenvalue weighted by molar-refractivity contribution is 5.92. The summed E-state index contributed by atoms with van der Waals surface area (Å²) >= 11 is 0. The standard InChI is InChI=1S/C28H24N2O5/c1-17-14-22(34-20-6-4-19(16-29)5-7-20)9-12-25(17)30-27(31)13-11-24-18(2)23-10-8-21(33-3)15-26(23)35-28(24)32/h4-10,12,14-15H,11,13H2,1-3H3,(H,30,31). The Morgan fingerprint density at radius 1 is 1.00 bits per heavy atom. The zero-order chi connectivity index (χ0) is 24.9. The minimum atomic E-state index is -0.448. The highest BCUT2D eigenvalue weighted by Gasteiger charge is 2.14. The molecule has 35 heavy (non-hydrogen) atoms. The van der Waals surface area contributed by atoms with Gasteiger partial charge in [0.25, 0.3) is 0 Å². The molecule has 0 fully saturated rings. The van der Waals surface area contributed by atoms with Gasteiger partial charge in [0.05, 0.1) is 18.7 Å². The summed E-state index contributed by atoms with van der Waals surface area (Å²) in [6.07, 6.45) is 0.400. The lowest BCUT2D eigenvalue weighted by molar-refractivity contribution is -0.116. The van der Waals surface area contributed by atoms with Gasteiger partial charge in [-0.3, -0.25) is 4.79 Å². The SMILES string of the molecule is COc1ccc2c(C)c(CCC(=O)Nc3ccc(Oc4ccc(C#N)cc4)cc3C)c(=O)oc2c1. The summed E-state index contributed by atoms with van der Waals surface area (Å²) in [4.78, 5) is 25.2. The number of ether oxygens (including phenoxy) is 2. The van der Waals surface area contributed by atoms with E-state index in [4.69, 9.17) is 19.2 Å². The first-order chi connectivity index (χ1) is 16.9. The molecule has 0 bridgehead atoms. The summed E-state index contributed by atoms with van der Waals surface area (Å²) in [5, 5.41) is 12.6. The first-order valence-corrected chi connectivity index (χ1v) is 11.1. The molecule has 0 radical (unpaired) electrons. The quantitative estimate of drug-likeness (QED) is 0.352. The molecule has 0 atom stereocenters. The molecule has 1 aromatic heterocycles. The second-order valence-corrected chi connectivity index (χ2v) is 8.12. The van der Waals surface area contributed by atoms with Gasteiger partial charge in [0, 0.05) is 29.1 Å². The number of aryl methyl sites for hydroxylation is 2. The second-order valence-electron chi connectivity index (χ2n) is 8.12. The largest absolute Gasteiger partial charge is 0.497 e. The number of rotatable bonds is 7. The molecule has 0 saturated heterocycles. The Balaban J connectivity index is 1.42. The van der Waals surface area contributed by atoms with Gasteiger partial charge in [0.15, 0.2) is 0 Å². The average Bonchev–Trinajstić information content (AvgIpc) is 2.85. The van der Waals surface area contributed by atoms with Crippen LogP contribution in [0.4, 0.5) is 5.69 Å². The maximum atomic E-state index is 12.6. The maximum Gasteiger partial charge on any atom is 0.339 e. The topological polar surface area (TPSA) is 102 Å². The Bertz CT molecular complexity index is 1500. The summed E-state index contributed by atoms with van der Waals surface area (Å²) in [7, 11) is 1.55.